The van der Waals surface area contributed by atoms with E-state index in [1.54, 1.807) is 18.0 Å². The third-order valence-electron chi connectivity index (χ3n) is 4.01. The van der Waals surface area contributed by atoms with Crippen LogP contribution in [0.2, 0.25) is 0 Å². The Hall–Kier alpha value is -2.05. The molecule has 1 aliphatic rings. The summed E-state index contributed by atoms with van der Waals surface area (Å²) in [5.41, 5.74) is 3.55. The number of hydrogen-bond acceptors (Lipinski definition) is 5. The van der Waals surface area contributed by atoms with E-state index in [2.05, 4.69) is 46.4 Å². The van der Waals surface area contributed by atoms with Gasteiger partial charge in [0.15, 0.2) is 0 Å². The smallest absolute Gasteiger partial charge is 0.235 e. The Morgan fingerprint density at radius 1 is 1.20 bits per heavy atom. The number of carbonyl (C=O) groups excluding carboxylic acids is 1. The minimum absolute atomic E-state index is 0.0243. The van der Waals surface area contributed by atoms with E-state index in [0.717, 1.165) is 37.7 Å². The van der Waals surface area contributed by atoms with Crippen molar-refractivity contribution in [2.24, 2.45) is 0 Å². The van der Waals surface area contributed by atoms with Gasteiger partial charge in [0.2, 0.25) is 5.91 Å². The maximum atomic E-state index is 12.0. The molecule has 1 saturated heterocycles. The fourth-order valence-corrected chi connectivity index (χ4v) is 3.38. The van der Waals surface area contributed by atoms with Crippen LogP contribution in [-0.2, 0) is 15.3 Å². The lowest BCUT2D eigenvalue weighted by Gasteiger charge is -2.28. The van der Waals surface area contributed by atoms with Crippen molar-refractivity contribution >= 4 is 29.2 Å². The number of pyridine rings is 1. The van der Waals surface area contributed by atoms with Crippen LogP contribution in [0.4, 0.5) is 11.5 Å². The average molecular weight is 357 g/mol. The summed E-state index contributed by atoms with van der Waals surface area (Å²) in [5, 5.41) is 2.85. The van der Waals surface area contributed by atoms with Gasteiger partial charge in [-0.2, -0.15) is 0 Å². The highest BCUT2D eigenvalue weighted by Gasteiger charge is 2.11. The Morgan fingerprint density at radius 3 is 2.64 bits per heavy atom. The van der Waals surface area contributed by atoms with Crippen LogP contribution >= 0.6 is 11.8 Å². The van der Waals surface area contributed by atoms with Gasteiger partial charge in [0.1, 0.15) is 5.82 Å². The van der Waals surface area contributed by atoms with Crippen LogP contribution in [0.5, 0.6) is 0 Å². The van der Waals surface area contributed by atoms with Gasteiger partial charge in [-0.05, 0) is 24.6 Å². The van der Waals surface area contributed by atoms with Crippen molar-refractivity contribution in [2.75, 3.05) is 42.3 Å². The lowest BCUT2D eigenvalue weighted by molar-refractivity contribution is -0.113. The molecular weight excluding hydrogens is 334 g/mol. The molecule has 0 saturated carbocycles. The van der Waals surface area contributed by atoms with E-state index in [-0.39, 0.29) is 5.91 Å². The molecule has 0 unspecified atom stereocenters. The first kappa shape index (κ1) is 17.8. The van der Waals surface area contributed by atoms with Crippen LogP contribution in [0, 0.1) is 6.92 Å². The zero-order valence-electron chi connectivity index (χ0n) is 14.4. The largest absolute Gasteiger partial charge is 0.378 e. The van der Waals surface area contributed by atoms with Gasteiger partial charge in [0.25, 0.3) is 0 Å². The number of rotatable bonds is 6. The zero-order valence-corrected chi connectivity index (χ0v) is 15.2. The second-order valence-electron chi connectivity index (χ2n) is 6.03. The first-order valence-electron chi connectivity index (χ1n) is 8.42. The van der Waals surface area contributed by atoms with E-state index in [4.69, 9.17) is 4.74 Å². The number of benzene rings is 1. The molecule has 0 bridgehead atoms. The minimum Gasteiger partial charge on any atom is -0.378 e. The number of amides is 1. The molecule has 5 nitrogen and oxygen atoms in total. The summed E-state index contributed by atoms with van der Waals surface area (Å²) in [5.74, 6) is 1.82. The van der Waals surface area contributed by atoms with Gasteiger partial charge >= 0.3 is 0 Å². The van der Waals surface area contributed by atoms with E-state index in [0.29, 0.717) is 11.6 Å². The predicted molar refractivity (Wildman–Crippen MR) is 103 cm³/mol. The third-order valence-corrected chi connectivity index (χ3v) is 5.02. The molecule has 1 aromatic carbocycles. The van der Waals surface area contributed by atoms with Crippen molar-refractivity contribution in [2.45, 2.75) is 12.7 Å². The van der Waals surface area contributed by atoms with Crippen LogP contribution in [0.1, 0.15) is 11.1 Å². The van der Waals surface area contributed by atoms with Gasteiger partial charge in [0, 0.05) is 18.8 Å². The average Bonchev–Trinajstić information content (AvgIpc) is 2.65. The summed E-state index contributed by atoms with van der Waals surface area (Å²) in [4.78, 5) is 18.6. The van der Waals surface area contributed by atoms with Crippen molar-refractivity contribution in [3.05, 3.63) is 53.7 Å². The van der Waals surface area contributed by atoms with Gasteiger partial charge in [0.05, 0.1) is 30.9 Å². The minimum atomic E-state index is -0.0243. The topological polar surface area (TPSA) is 54.5 Å². The summed E-state index contributed by atoms with van der Waals surface area (Å²) in [6.45, 7) is 5.32. The van der Waals surface area contributed by atoms with Gasteiger partial charge in [-0.25, -0.2) is 4.98 Å². The molecule has 0 atom stereocenters. The monoisotopic (exact) mass is 357 g/mol. The molecule has 3 rings (SSSR count). The van der Waals surface area contributed by atoms with E-state index in [1.165, 1.54) is 11.1 Å². The van der Waals surface area contributed by atoms with Gasteiger partial charge in [-0.3, -0.25) is 4.79 Å². The summed E-state index contributed by atoms with van der Waals surface area (Å²) in [6, 6.07) is 12.2. The van der Waals surface area contributed by atoms with Crippen molar-refractivity contribution in [3.63, 3.8) is 0 Å². The number of ether oxygens (including phenoxy) is 1. The number of anilines is 2. The van der Waals surface area contributed by atoms with Crippen LogP contribution in [0.25, 0.3) is 0 Å². The van der Waals surface area contributed by atoms with Crippen molar-refractivity contribution in [1.82, 2.24) is 4.98 Å². The fraction of sp³-hybridized carbons (Fsp3) is 0.368. The highest BCUT2D eigenvalue weighted by molar-refractivity contribution is 7.99. The molecule has 0 radical (unpaired) electrons. The maximum absolute atomic E-state index is 12.0. The molecule has 1 amide bonds. The highest BCUT2D eigenvalue weighted by Crippen LogP contribution is 2.17. The molecular formula is C19H23N3O2S. The van der Waals surface area contributed by atoms with E-state index in [9.17, 15) is 4.79 Å². The number of nitrogens with zero attached hydrogens (tertiary/aromatic N) is 2. The molecule has 0 aliphatic carbocycles. The number of hydrogen-bond donors (Lipinski definition) is 1. The van der Waals surface area contributed by atoms with Crippen LogP contribution in [0.15, 0.2) is 42.6 Å². The van der Waals surface area contributed by atoms with Gasteiger partial charge < -0.3 is 15.0 Å². The predicted octanol–water partition coefficient (Wildman–Crippen LogP) is 3.10. The first-order chi connectivity index (χ1) is 12.2. The van der Waals surface area contributed by atoms with Crippen LogP contribution < -0.4 is 10.2 Å². The molecule has 1 aliphatic heterocycles. The Bertz CT molecular complexity index is 683. The number of aryl methyl sites for hydroxylation is 1. The standard InChI is InChI=1S/C19H23N3O2S/c1-15-2-4-16(5-3-15)13-25-14-19(23)21-18-7-6-17(12-20-18)22-8-10-24-11-9-22/h2-7,12H,8-11,13-14H2,1H3,(H,20,21,23). The van der Waals surface area contributed by atoms with E-state index < -0.39 is 0 Å². The molecule has 1 fully saturated rings. The van der Waals surface area contributed by atoms with Gasteiger partial charge in [-0.15, -0.1) is 11.8 Å². The fourth-order valence-electron chi connectivity index (χ4n) is 2.59. The lowest BCUT2D eigenvalue weighted by Crippen LogP contribution is -2.36. The molecule has 132 valence electrons. The molecule has 2 heterocycles. The van der Waals surface area contributed by atoms with Gasteiger partial charge in [-0.1, -0.05) is 29.8 Å². The second kappa shape index (κ2) is 8.87. The molecule has 1 N–H and O–H groups in total. The summed E-state index contributed by atoms with van der Waals surface area (Å²) in [7, 11) is 0. The quantitative estimate of drug-likeness (QED) is 0.861. The summed E-state index contributed by atoms with van der Waals surface area (Å²) in [6.07, 6.45) is 1.81. The number of nitrogens with one attached hydrogen (secondary N) is 1. The molecule has 0 spiro atoms. The number of thioether (sulfide) groups is 1. The van der Waals surface area contributed by atoms with E-state index >= 15 is 0 Å². The zero-order chi connectivity index (χ0) is 17.5. The number of aromatic nitrogens is 1. The Labute approximate surface area is 152 Å². The van der Waals surface area contributed by atoms with Crippen molar-refractivity contribution < 1.29 is 9.53 Å². The van der Waals surface area contributed by atoms with Crippen LogP contribution in [0.3, 0.4) is 0 Å². The molecule has 6 heteroatoms. The molecule has 1 aromatic heterocycles. The first-order valence-corrected chi connectivity index (χ1v) is 9.58. The maximum Gasteiger partial charge on any atom is 0.235 e. The summed E-state index contributed by atoms with van der Waals surface area (Å²) < 4.78 is 5.35. The van der Waals surface area contributed by atoms with E-state index in [1.807, 2.05) is 12.1 Å². The number of morpholine rings is 1. The second-order valence-corrected chi connectivity index (χ2v) is 7.01. The lowest BCUT2D eigenvalue weighted by atomic mass is 10.2. The summed E-state index contributed by atoms with van der Waals surface area (Å²) >= 11 is 1.60. The SMILES string of the molecule is Cc1ccc(CSCC(=O)Nc2ccc(N3CCOCC3)cn2)cc1. The van der Waals surface area contributed by atoms with Crippen molar-refractivity contribution in [1.29, 1.82) is 0 Å². The Kier molecular flexibility index (Phi) is 6.30. The molecule has 25 heavy (non-hydrogen) atoms. The molecule has 2 aromatic rings. The van der Waals surface area contributed by atoms with Crippen molar-refractivity contribution in [3.8, 4) is 0 Å². The number of carbonyl (C=O) groups is 1. The Morgan fingerprint density at radius 2 is 1.96 bits per heavy atom. The normalized spacial score (nSPS) is 14.4. The Balaban J connectivity index is 1.43. The van der Waals surface area contributed by atoms with Crippen LogP contribution in [-0.4, -0.2) is 42.9 Å². The highest BCUT2D eigenvalue weighted by atomic mass is 32.2. The third kappa shape index (κ3) is 5.47.